The number of hydrogen-bond acceptors (Lipinski definition) is 4. The second-order valence-corrected chi connectivity index (χ2v) is 3.27. The Balaban J connectivity index is 2.33. The zero-order valence-corrected chi connectivity index (χ0v) is 9.62. The standard InChI is InChI=1S/C11H17N3O2/c1-3-12-8-10(15)13-6-9-4-5-11(16-2)14-7-9/h4-5,7,12H,3,6,8H2,1-2H3,(H,13,15). The molecular formula is C11H17N3O2. The molecule has 0 aliphatic rings. The van der Waals surface area contributed by atoms with Gasteiger partial charge in [0.1, 0.15) is 0 Å². The van der Waals surface area contributed by atoms with Gasteiger partial charge in [-0.3, -0.25) is 4.79 Å². The van der Waals surface area contributed by atoms with Gasteiger partial charge in [0.05, 0.1) is 13.7 Å². The molecule has 0 bridgehead atoms. The highest BCUT2D eigenvalue weighted by Crippen LogP contribution is 2.05. The zero-order valence-electron chi connectivity index (χ0n) is 9.62. The third-order valence-electron chi connectivity index (χ3n) is 2.03. The normalized spacial score (nSPS) is 9.88. The monoisotopic (exact) mass is 223 g/mol. The van der Waals surface area contributed by atoms with Crippen LogP contribution in [0.5, 0.6) is 5.88 Å². The number of rotatable bonds is 6. The highest BCUT2D eigenvalue weighted by Gasteiger charge is 2.00. The number of carbonyl (C=O) groups is 1. The van der Waals surface area contributed by atoms with Crippen LogP contribution in [0.15, 0.2) is 18.3 Å². The maximum absolute atomic E-state index is 11.3. The van der Waals surface area contributed by atoms with Crippen LogP contribution in [0.3, 0.4) is 0 Å². The van der Waals surface area contributed by atoms with E-state index in [1.165, 1.54) is 0 Å². The topological polar surface area (TPSA) is 63.2 Å². The lowest BCUT2D eigenvalue weighted by atomic mass is 10.3. The van der Waals surface area contributed by atoms with Gasteiger partial charge in [-0.25, -0.2) is 4.98 Å². The maximum atomic E-state index is 11.3. The van der Waals surface area contributed by atoms with Crippen molar-refractivity contribution in [2.24, 2.45) is 0 Å². The lowest BCUT2D eigenvalue weighted by Crippen LogP contribution is -2.33. The van der Waals surface area contributed by atoms with Crippen LogP contribution < -0.4 is 15.4 Å². The fraction of sp³-hybridized carbons (Fsp3) is 0.455. The summed E-state index contributed by atoms with van der Waals surface area (Å²) in [7, 11) is 1.57. The molecule has 0 aliphatic heterocycles. The van der Waals surface area contributed by atoms with Crippen molar-refractivity contribution < 1.29 is 9.53 Å². The van der Waals surface area contributed by atoms with Gasteiger partial charge in [0.2, 0.25) is 11.8 Å². The van der Waals surface area contributed by atoms with Crippen LogP contribution in [-0.4, -0.2) is 31.1 Å². The summed E-state index contributed by atoms with van der Waals surface area (Å²) in [6.45, 7) is 3.58. The Morgan fingerprint density at radius 3 is 2.88 bits per heavy atom. The van der Waals surface area contributed by atoms with Crippen LogP contribution in [0.1, 0.15) is 12.5 Å². The van der Waals surface area contributed by atoms with Gasteiger partial charge < -0.3 is 15.4 Å². The first kappa shape index (κ1) is 12.4. The number of carbonyl (C=O) groups excluding carboxylic acids is 1. The van der Waals surface area contributed by atoms with Crippen LogP contribution in [-0.2, 0) is 11.3 Å². The molecule has 0 atom stereocenters. The van der Waals surface area contributed by atoms with Gasteiger partial charge in [-0.1, -0.05) is 13.0 Å². The highest BCUT2D eigenvalue weighted by atomic mass is 16.5. The minimum Gasteiger partial charge on any atom is -0.481 e. The molecule has 0 spiro atoms. The molecule has 1 aromatic heterocycles. The number of pyridine rings is 1. The first-order valence-electron chi connectivity index (χ1n) is 5.22. The molecule has 88 valence electrons. The lowest BCUT2D eigenvalue weighted by molar-refractivity contribution is -0.120. The molecule has 16 heavy (non-hydrogen) atoms. The molecule has 0 unspecified atom stereocenters. The van der Waals surface area contributed by atoms with Gasteiger partial charge in [-0.05, 0) is 12.1 Å². The van der Waals surface area contributed by atoms with Crippen LogP contribution in [0.4, 0.5) is 0 Å². The number of nitrogens with zero attached hydrogens (tertiary/aromatic N) is 1. The molecule has 0 aromatic carbocycles. The van der Waals surface area contributed by atoms with Crippen molar-refractivity contribution in [1.82, 2.24) is 15.6 Å². The van der Waals surface area contributed by atoms with Crippen molar-refractivity contribution in [3.63, 3.8) is 0 Å². The number of hydrogen-bond donors (Lipinski definition) is 2. The van der Waals surface area contributed by atoms with E-state index >= 15 is 0 Å². The molecule has 1 aromatic rings. The molecule has 0 aliphatic carbocycles. The number of amides is 1. The van der Waals surface area contributed by atoms with Crippen molar-refractivity contribution >= 4 is 5.91 Å². The smallest absolute Gasteiger partial charge is 0.234 e. The van der Waals surface area contributed by atoms with E-state index in [1.54, 1.807) is 19.4 Å². The Morgan fingerprint density at radius 1 is 1.50 bits per heavy atom. The summed E-state index contributed by atoms with van der Waals surface area (Å²) in [5.74, 6) is 0.556. The maximum Gasteiger partial charge on any atom is 0.234 e. The average Bonchev–Trinajstić information content (AvgIpc) is 2.34. The molecule has 0 saturated heterocycles. The van der Waals surface area contributed by atoms with E-state index in [4.69, 9.17) is 4.74 Å². The Hall–Kier alpha value is -1.62. The fourth-order valence-electron chi connectivity index (χ4n) is 1.14. The summed E-state index contributed by atoms with van der Waals surface area (Å²) in [5, 5.41) is 5.74. The van der Waals surface area contributed by atoms with Gasteiger partial charge in [-0.2, -0.15) is 0 Å². The number of nitrogens with one attached hydrogen (secondary N) is 2. The van der Waals surface area contributed by atoms with Gasteiger partial charge in [0.15, 0.2) is 0 Å². The largest absolute Gasteiger partial charge is 0.481 e. The molecule has 5 heteroatoms. The summed E-state index contributed by atoms with van der Waals surface area (Å²) in [5.41, 5.74) is 0.950. The Bertz CT molecular complexity index is 325. The van der Waals surface area contributed by atoms with E-state index in [-0.39, 0.29) is 5.91 Å². The van der Waals surface area contributed by atoms with Crippen molar-refractivity contribution in [2.75, 3.05) is 20.2 Å². The first-order valence-corrected chi connectivity index (χ1v) is 5.22. The Kier molecular flexibility index (Phi) is 5.28. The number of likely N-dealkylation sites (N-methyl/N-ethyl adjacent to an activating group) is 1. The molecule has 0 fully saturated rings. The molecule has 1 amide bonds. The third-order valence-corrected chi connectivity index (χ3v) is 2.03. The summed E-state index contributed by atoms with van der Waals surface area (Å²) in [6, 6.07) is 3.64. The van der Waals surface area contributed by atoms with E-state index < -0.39 is 0 Å². The minimum absolute atomic E-state index is 0.0160. The molecule has 0 radical (unpaired) electrons. The average molecular weight is 223 g/mol. The first-order chi connectivity index (χ1) is 7.76. The molecule has 2 N–H and O–H groups in total. The second kappa shape index (κ2) is 6.79. The SMILES string of the molecule is CCNCC(=O)NCc1ccc(OC)nc1. The highest BCUT2D eigenvalue weighted by molar-refractivity contribution is 5.77. The summed E-state index contributed by atoms with van der Waals surface area (Å²) >= 11 is 0. The van der Waals surface area contributed by atoms with E-state index in [0.717, 1.165) is 12.1 Å². The van der Waals surface area contributed by atoms with Gasteiger partial charge in [0, 0.05) is 18.8 Å². The molecule has 1 heterocycles. The fourth-order valence-corrected chi connectivity index (χ4v) is 1.14. The third kappa shape index (κ3) is 4.27. The van der Waals surface area contributed by atoms with Gasteiger partial charge in [-0.15, -0.1) is 0 Å². The van der Waals surface area contributed by atoms with Crippen LogP contribution in [0.25, 0.3) is 0 Å². The Labute approximate surface area is 95.2 Å². The summed E-state index contributed by atoms with van der Waals surface area (Å²) < 4.78 is 4.94. The van der Waals surface area contributed by atoms with Gasteiger partial charge >= 0.3 is 0 Å². The van der Waals surface area contributed by atoms with Gasteiger partial charge in [0.25, 0.3) is 0 Å². The van der Waals surface area contributed by atoms with Crippen molar-refractivity contribution in [2.45, 2.75) is 13.5 Å². The predicted octanol–water partition coefficient (Wildman–Crippen LogP) is 0.316. The van der Waals surface area contributed by atoms with E-state index in [0.29, 0.717) is 19.0 Å². The van der Waals surface area contributed by atoms with Crippen molar-refractivity contribution in [3.05, 3.63) is 23.9 Å². The quantitative estimate of drug-likeness (QED) is 0.729. The van der Waals surface area contributed by atoms with E-state index in [9.17, 15) is 4.79 Å². The Morgan fingerprint density at radius 2 is 2.31 bits per heavy atom. The predicted molar refractivity (Wildman–Crippen MR) is 61.2 cm³/mol. The van der Waals surface area contributed by atoms with Crippen LogP contribution >= 0.6 is 0 Å². The van der Waals surface area contributed by atoms with Crippen molar-refractivity contribution in [1.29, 1.82) is 0 Å². The summed E-state index contributed by atoms with van der Waals surface area (Å²) in [4.78, 5) is 15.3. The lowest BCUT2D eigenvalue weighted by Gasteiger charge is -2.05. The minimum atomic E-state index is -0.0160. The van der Waals surface area contributed by atoms with E-state index in [2.05, 4.69) is 15.6 Å². The van der Waals surface area contributed by atoms with Crippen LogP contribution in [0.2, 0.25) is 0 Å². The summed E-state index contributed by atoms with van der Waals surface area (Å²) in [6.07, 6.45) is 1.69. The van der Waals surface area contributed by atoms with Crippen molar-refractivity contribution in [3.8, 4) is 5.88 Å². The molecule has 1 rings (SSSR count). The zero-order chi connectivity index (χ0) is 11.8. The van der Waals surface area contributed by atoms with E-state index in [1.807, 2.05) is 13.0 Å². The number of aromatic nitrogens is 1. The second-order valence-electron chi connectivity index (χ2n) is 3.27. The molecule has 5 nitrogen and oxygen atoms in total. The number of methoxy groups -OCH3 is 1. The number of ether oxygens (including phenoxy) is 1. The molecular weight excluding hydrogens is 206 g/mol. The van der Waals surface area contributed by atoms with Crippen LogP contribution in [0, 0.1) is 0 Å². The molecule has 0 saturated carbocycles.